The van der Waals surface area contributed by atoms with Gasteiger partial charge in [-0.15, -0.1) is 11.3 Å². The van der Waals surface area contributed by atoms with Gasteiger partial charge in [-0.25, -0.2) is 23.4 Å². The zero-order chi connectivity index (χ0) is 25.0. The number of carbonyl (C=O) groups is 1. The molecule has 5 heterocycles. The number of halogens is 1. The number of benzene rings is 1. The SMILES string of the molecule is C[C@@H]1CNc2c(sc3ccc4nc(Oc5nc(Cl)ncc5CN5CCCS5(=O)=O)cnc4c23)C(=O)N1. The second kappa shape index (κ2) is 8.76. The number of sulfonamides is 1. The number of nitrogens with one attached hydrogen (secondary N) is 2. The highest BCUT2D eigenvalue weighted by atomic mass is 35.5. The molecule has 1 saturated heterocycles. The van der Waals surface area contributed by atoms with E-state index in [2.05, 4.69) is 30.6 Å². The average Bonchev–Trinajstić information content (AvgIpc) is 3.34. The van der Waals surface area contributed by atoms with Crippen LogP contribution >= 0.6 is 22.9 Å². The molecule has 1 aromatic carbocycles. The zero-order valence-corrected chi connectivity index (χ0v) is 21.4. The summed E-state index contributed by atoms with van der Waals surface area (Å²) in [5.41, 5.74) is 2.43. The summed E-state index contributed by atoms with van der Waals surface area (Å²) in [4.78, 5) is 30.6. The van der Waals surface area contributed by atoms with Crippen molar-refractivity contribution in [3.63, 3.8) is 0 Å². The molecular formula is C22H20ClN7O4S2. The third-order valence-electron chi connectivity index (χ3n) is 6.06. The van der Waals surface area contributed by atoms with Gasteiger partial charge in [0.25, 0.3) is 5.91 Å². The van der Waals surface area contributed by atoms with Gasteiger partial charge in [0.2, 0.25) is 27.1 Å². The Morgan fingerprint density at radius 3 is 2.92 bits per heavy atom. The van der Waals surface area contributed by atoms with Crippen molar-refractivity contribution in [2.75, 3.05) is 24.2 Å². The number of amides is 1. The first-order valence-electron chi connectivity index (χ1n) is 11.2. The van der Waals surface area contributed by atoms with Crippen molar-refractivity contribution in [1.29, 1.82) is 0 Å². The summed E-state index contributed by atoms with van der Waals surface area (Å²) in [6.45, 7) is 3.03. The summed E-state index contributed by atoms with van der Waals surface area (Å²) < 4.78 is 32.7. The number of anilines is 1. The number of ether oxygens (including phenoxy) is 1. The second-order valence-corrected chi connectivity index (χ2v) is 12.1. The number of carbonyl (C=O) groups excluding carboxylic acids is 1. The molecule has 2 aliphatic heterocycles. The number of rotatable bonds is 4. The number of hydrogen-bond acceptors (Lipinski definition) is 10. The highest BCUT2D eigenvalue weighted by molar-refractivity contribution is 7.89. The summed E-state index contributed by atoms with van der Waals surface area (Å²) in [5.74, 6) is 0.286. The van der Waals surface area contributed by atoms with Gasteiger partial charge in [-0.1, -0.05) is 0 Å². The van der Waals surface area contributed by atoms with Crippen LogP contribution in [0.2, 0.25) is 5.28 Å². The molecule has 1 amide bonds. The van der Waals surface area contributed by atoms with E-state index in [1.165, 1.54) is 28.0 Å². The third kappa shape index (κ3) is 4.11. The van der Waals surface area contributed by atoms with Crippen LogP contribution in [0, 0.1) is 0 Å². The first-order chi connectivity index (χ1) is 17.3. The topological polar surface area (TPSA) is 139 Å². The molecule has 2 N–H and O–H groups in total. The molecule has 1 atom stereocenters. The van der Waals surface area contributed by atoms with Crippen LogP contribution in [0.15, 0.2) is 24.5 Å². The number of fused-ring (bicyclic) bond motifs is 5. The lowest BCUT2D eigenvalue weighted by atomic mass is 10.1. The Morgan fingerprint density at radius 2 is 2.11 bits per heavy atom. The molecule has 0 radical (unpaired) electrons. The fraction of sp³-hybridized carbons (Fsp3) is 0.318. The van der Waals surface area contributed by atoms with Crippen LogP contribution in [-0.4, -0.2) is 63.5 Å². The molecule has 0 spiro atoms. The summed E-state index contributed by atoms with van der Waals surface area (Å²) in [5, 5.41) is 7.14. The van der Waals surface area contributed by atoms with E-state index < -0.39 is 10.0 Å². The molecule has 11 nitrogen and oxygen atoms in total. The molecule has 36 heavy (non-hydrogen) atoms. The largest absolute Gasteiger partial charge is 0.418 e. The molecule has 3 aromatic heterocycles. The Labute approximate surface area is 214 Å². The molecule has 0 bridgehead atoms. The monoisotopic (exact) mass is 545 g/mol. The third-order valence-corrected chi connectivity index (χ3v) is 9.30. The lowest BCUT2D eigenvalue weighted by molar-refractivity contribution is 0.0949. The zero-order valence-electron chi connectivity index (χ0n) is 19.0. The maximum absolute atomic E-state index is 12.6. The Balaban J connectivity index is 1.37. The van der Waals surface area contributed by atoms with Crippen molar-refractivity contribution in [2.24, 2.45) is 0 Å². The number of aromatic nitrogens is 4. The second-order valence-electron chi connectivity index (χ2n) is 8.65. The molecule has 0 saturated carbocycles. The molecule has 1 fully saturated rings. The fourth-order valence-corrected chi connectivity index (χ4v) is 7.06. The van der Waals surface area contributed by atoms with Crippen molar-refractivity contribution >= 4 is 65.7 Å². The van der Waals surface area contributed by atoms with Crippen molar-refractivity contribution < 1.29 is 17.9 Å². The summed E-state index contributed by atoms with van der Waals surface area (Å²) >= 11 is 7.40. The van der Waals surface area contributed by atoms with Gasteiger partial charge in [0.1, 0.15) is 4.88 Å². The van der Waals surface area contributed by atoms with E-state index >= 15 is 0 Å². The number of nitrogens with zero attached hydrogens (tertiary/aromatic N) is 5. The van der Waals surface area contributed by atoms with E-state index in [4.69, 9.17) is 16.3 Å². The first kappa shape index (κ1) is 23.3. The lowest BCUT2D eigenvalue weighted by Gasteiger charge is -2.16. The van der Waals surface area contributed by atoms with E-state index in [9.17, 15) is 13.2 Å². The van der Waals surface area contributed by atoms with Gasteiger partial charge in [-0.2, -0.15) is 9.29 Å². The van der Waals surface area contributed by atoms with Crippen molar-refractivity contribution in [3.8, 4) is 11.8 Å². The van der Waals surface area contributed by atoms with E-state index in [0.717, 1.165) is 15.8 Å². The molecule has 2 aliphatic rings. The van der Waals surface area contributed by atoms with Crippen LogP contribution in [0.25, 0.3) is 21.1 Å². The minimum absolute atomic E-state index is 0.00218. The first-order valence-corrected chi connectivity index (χ1v) is 14.0. The lowest BCUT2D eigenvalue weighted by Crippen LogP contribution is -2.34. The highest BCUT2D eigenvalue weighted by Crippen LogP contribution is 2.40. The van der Waals surface area contributed by atoms with Crippen molar-refractivity contribution in [2.45, 2.75) is 25.9 Å². The van der Waals surface area contributed by atoms with Gasteiger partial charge >= 0.3 is 0 Å². The molecular weight excluding hydrogens is 526 g/mol. The maximum atomic E-state index is 12.6. The van der Waals surface area contributed by atoms with Gasteiger partial charge < -0.3 is 15.4 Å². The van der Waals surface area contributed by atoms with E-state index in [-0.39, 0.29) is 41.3 Å². The van der Waals surface area contributed by atoms with Gasteiger partial charge in [0, 0.05) is 47.5 Å². The summed E-state index contributed by atoms with van der Waals surface area (Å²) in [7, 11) is -3.32. The van der Waals surface area contributed by atoms with Crippen molar-refractivity contribution in [1.82, 2.24) is 29.6 Å². The molecule has 4 aromatic rings. The summed E-state index contributed by atoms with van der Waals surface area (Å²) in [6, 6.07) is 3.72. The molecule has 14 heteroatoms. The maximum Gasteiger partial charge on any atom is 0.263 e. The van der Waals surface area contributed by atoms with Crippen LogP contribution in [0.5, 0.6) is 11.8 Å². The molecule has 0 unspecified atom stereocenters. The Kier molecular flexibility index (Phi) is 5.67. The highest BCUT2D eigenvalue weighted by Gasteiger charge is 2.30. The van der Waals surface area contributed by atoms with Gasteiger partial charge in [-0.05, 0) is 37.1 Å². The Morgan fingerprint density at radius 1 is 1.25 bits per heavy atom. The smallest absolute Gasteiger partial charge is 0.263 e. The fourth-order valence-electron chi connectivity index (χ4n) is 4.35. The molecule has 186 valence electrons. The van der Waals surface area contributed by atoms with E-state index in [1.807, 2.05) is 19.1 Å². The standard InChI is InChI=1S/C22H20ClN7O4S2/c1-11-7-24-18-16-14(35-19(18)20(31)27-11)4-3-13-17(16)25-9-15(28-13)34-21-12(8-26-22(23)29-21)10-30-5-2-6-36(30,32)33/h3-4,8-9,11,24H,2,5-7,10H2,1H3,(H,27,31)/t11-/m1/s1. The average molecular weight is 546 g/mol. The minimum Gasteiger partial charge on any atom is -0.418 e. The van der Waals surface area contributed by atoms with Crippen molar-refractivity contribution in [3.05, 3.63) is 40.3 Å². The predicted molar refractivity (Wildman–Crippen MR) is 136 cm³/mol. The summed E-state index contributed by atoms with van der Waals surface area (Å²) in [6.07, 6.45) is 3.49. The normalized spacial score (nSPS) is 19.6. The Hall–Kier alpha value is -3.13. The minimum atomic E-state index is -3.32. The van der Waals surface area contributed by atoms with Crippen LogP contribution in [0.4, 0.5) is 5.69 Å². The van der Waals surface area contributed by atoms with Crippen LogP contribution in [0.1, 0.15) is 28.6 Å². The predicted octanol–water partition coefficient (Wildman–Crippen LogP) is 3.16. The number of hydrogen-bond donors (Lipinski definition) is 2. The van der Waals surface area contributed by atoms with Gasteiger partial charge in [0.15, 0.2) is 0 Å². The molecule has 6 rings (SSSR count). The van der Waals surface area contributed by atoms with Crippen LogP contribution < -0.4 is 15.4 Å². The number of thiophene rings is 1. The van der Waals surface area contributed by atoms with Crippen LogP contribution in [-0.2, 0) is 16.6 Å². The van der Waals surface area contributed by atoms with E-state index in [0.29, 0.717) is 41.0 Å². The van der Waals surface area contributed by atoms with E-state index in [1.54, 1.807) is 0 Å². The quantitative estimate of drug-likeness (QED) is 0.370. The molecule has 0 aliphatic carbocycles. The van der Waals surface area contributed by atoms with Crippen LogP contribution in [0.3, 0.4) is 0 Å². The van der Waals surface area contributed by atoms with Gasteiger partial charge in [-0.3, -0.25) is 4.79 Å². The van der Waals surface area contributed by atoms with Gasteiger partial charge in [0.05, 0.1) is 28.7 Å². The Bertz CT molecular complexity index is 1640.